The molecule has 0 spiro atoms. The number of aromatic nitrogens is 2. The number of furan rings is 1. The molecule has 7 rings (SSSR count). The van der Waals surface area contributed by atoms with Gasteiger partial charge in [0.1, 0.15) is 23.0 Å². The number of amides is 1. The molecule has 45 heavy (non-hydrogen) atoms. The molecule has 4 heterocycles. The van der Waals surface area contributed by atoms with E-state index in [4.69, 9.17) is 9.15 Å². The standard InChI is InChI=1S/C32H24F2N4O6S/c1-35-32(39)30-22-11-20(25(36(2)45(3,41)42)14-28(22)44-31(30)17-7-9-18(33)10-8-17)27-13-21-26-12-19-23(34)5-4-6-24(19)37(26)16-43-29(21)15-38(27)40/h4-15H,16H2,1-3H3,(H-,35,39,40)/p+1. The highest BCUT2D eigenvalue weighted by Crippen LogP contribution is 2.44. The molecule has 0 unspecified atom stereocenters. The lowest BCUT2D eigenvalue weighted by Gasteiger charge is -2.21. The van der Waals surface area contributed by atoms with Gasteiger partial charge in [0.05, 0.1) is 39.8 Å². The molecule has 228 valence electrons. The normalized spacial score (nSPS) is 12.6. The van der Waals surface area contributed by atoms with Gasteiger partial charge in [-0.25, -0.2) is 17.2 Å². The molecule has 3 aromatic carbocycles. The van der Waals surface area contributed by atoms with E-state index in [0.717, 1.165) is 15.3 Å². The van der Waals surface area contributed by atoms with E-state index in [1.54, 1.807) is 34.9 Å². The fourth-order valence-electron chi connectivity index (χ4n) is 5.72. The Labute approximate surface area is 255 Å². The summed E-state index contributed by atoms with van der Waals surface area (Å²) in [4.78, 5) is 13.2. The van der Waals surface area contributed by atoms with Gasteiger partial charge in [-0.05, 0) is 48.5 Å². The highest BCUT2D eigenvalue weighted by Gasteiger charge is 2.32. The van der Waals surface area contributed by atoms with Crippen LogP contribution in [0.4, 0.5) is 14.5 Å². The topological polar surface area (TPSA) is 118 Å². The van der Waals surface area contributed by atoms with Gasteiger partial charge in [0, 0.05) is 47.3 Å². The Bertz CT molecular complexity index is 2310. The maximum atomic E-state index is 14.7. The van der Waals surface area contributed by atoms with Crippen molar-refractivity contribution in [3.8, 4) is 39.6 Å². The summed E-state index contributed by atoms with van der Waals surface area (Å²) in [5.41, 5.74) is 3.04. The summed E-state index contributed by atoms with van der Waals surface area (Å²) < 4.78 is 69.7. The number of anilines is 1. The minimum Gasteiger partial charge on any atom is -0.466 e. The SMILES string of the molecule is CNC(=O)c1c(-c2ccc(F)cc2)oc2cc(N(C)S(C)(=O)=O)c(-c3cc4c(c[n+]3O)OCn3c-4cc4c(F)cccc43)cc12. The average Bonchev–Trinajstić information content (AvgIpc) is 3.58. The van der Waals surface area contributed by atoms with Crippen molar-refractivity contribution in [3.05, 3.63) is 90.1 Å². The van der Waals surface area contributed by atoms with Gasteiger partial charge in [-0.3, -0.25) is 14.3 Å². The number of rotatable bonds is 5. The van der Waals surface area contributed by atoms with E-state index in [-0.39, 0.29) is 40.6 Å². The van der Waals surface area contributed by atoms with Crippen molar-refractivity contribution in [1.29, 1.82) is 0 Å². The van der Waals surface area contributed by atoms with Gasteiger partial charge in [0.25, 0.3) is 17.8 Å². The number of sulfonamides is 1. The summed E-state index contributed by atoms with van der Waals surface area (Å²) in [6, 6.07) is 16.5. The Kier molecular flexibility index (Phi) is 6.34. The first kappa shape index (κ1) is 28.3. The third kappa shape index (κ3) is 4.46. The molecule has 1 aliphatic rings. The van der Waals surface area contributed by atoms with Gasteiger partial charge in [-0.15, -0.1) is 0 Å². The van der Waals surface area contributed by atoms with E-state index < -0.39 is 27.6 Å². The number of nitrogens with one attached hydrogen (secondary N) is 1. The molecule has 3 aromatic heterocycles. The predicted molar refractivity (Wildman–Crippen MR) is 163 cm³/mol. The third-order valence-corrected chi connectivity index (χ3v) is 9.22. The van der Waals surface area contributed by atoms with Crippen molar-refractivity contribution in [2.45, 2.75) is 6.73 Å². The number of hydrogen-bond donors (Lipinski definition) is 2. The second kappa shape index (κ2) is 10.1. The van der Waals surface area contributed by atoms with Crippen LogP contribution in [0, 0.1) is 11.6 Å². The van der Waals surface area contributed by atoms with E-state index in [1.165, 1.54) is 56.7 Å². The Morgan fingerprint density at radius 3 is 2.51 bits per heavy atom. The number of halogens is 2. The summed E-state index contributed by atoms with van der Waals surface area (Å²) in [7, 11) is -1.02. The van der Waals surface area contributed by atoms with E-state index in [1.807, 2.05) is 0 Å². The average molecular weight is 632 g/mol. The van der Waals surface area contributed by atoms with E-state index in [2.05, 4.69) is 5.32 Å². The van der Waals surface area contributed by atoms with Crippen LogP contribution in [0.2, 0.25) is 0 Å². The number of ether oxygens (including phenoxy) is 1. The predicted octanol–water partition coefficient (Wildman–Crippen LogP) is 5.30. The molecule has 1 amide bonds. The Morgan fingerprint density at radius 1 is 1.04 bits per heavy atom. The van der Waals surface area contributed by atoms with Crippen molar-refractivity contribution < 1.29 is 41.1 Å². The minimum absolute atomic E-state index is 0.0827. The van der Waals surface area contributed by atoms with Gasteiger partial charge < -0.3 is 19.0 Å². The van der Waals surface area contributed by atoms with Gasteiger partial charge in [-0.2, -0.15) is 0 Å². The zero-order valence-corrected chi connectivity index (χ0v) is 24.9. The first-order valence-electron chi connectivity index (χ1n) is 13.7. The number of nitrogens with zero attached hydrogens (tertiary/aromatic N) is 3. The number of carbonyl (C=O) groups is 1. The van der Waals surface area contributed by atoms with Crippen LogP contribution < -0.4 is 19.1 Å². The minimum atomic E-state index is -3.83. The molecule has 0 atom stereocenters. The number of fused-ring (bicyclic) bond motifs is 6. The lowest BCUT2D eigenvalue weighted by Crippen LogP contribution is -2.34. The highest BCUT2D eigenvalue weighted by atomic mass is 32.2. The summed E-state index contributed by atoms with van der Waals surface area (Å²) in [6.45, 7) is 0.0827. The lowest BCUT2D eigenvalue weighted by molar-refractivity contribution is -0.896. The quantitative estimate of drug-likeness (QED) is 0.197. The highest BCUT2D eigenvalue weighted by molar-refractivity contribution is 7.92. The van der Waals surface area contributed by atoms with Crippen LogP contribution in [0.1, 0.15) is 10.4 Å². The lowest BCUT2D eigenvalue weighted by atomic mass is 9.99. The zero-order valence-electron chi connectivity index (χ0n) is 24.1. The smallest absolute Gasteiger partial charge is 0.267 e. The van der Waals surface area contributed by atoms with Crippen LogP contribution >= 0.6 is 0 Å². The van der Waals surface area contributed by atoms with Gasteiger partial charge >= 0.3 is 0 Å². The van der Waals surface area contributed by atoms with E-state index in [9.17, 15) is 27.2 Å². The molecule has 0 bridgehead atoms. The fourth-order valence-corrected chi connectivity index (χ4v) is 6.22. The second-order valence-corrected chi connectivity index (χ2v) is 12.7. The van der Waals surface area contributed by atoms with Crippen LogP contribution in [-0.4, -0.2) is 44.5 Å². The van der Waals surface area contributed by atoms with Gasteiger partial charge in [-0.1, -0.05) is 6.07 Å². The zero-order chi connectivity index (χ0) is 31.8. The Hall–Kier alpha value is -5.43. The van der Waals surface area contributed by atoms with Crippen LogP contribution in [0.3, 0.4) is 0 Å². The Balaban J connectivity index is 1.52. The maximum absolute atomic E-state index is 14.7. The molecular formula is C32H25F2N4O6S+. The van der Waals surface area contributed by atoms with Gasteiger partial charge in [0.15, 0.2) is 12.5 Å². The third-order valence-electron chi connectivity index (χ3n) is 8.03. The second-order valence-electron chi connectivity index (χ2n) is 10.7. The van der Waals surface area contributed by atoms with Gasteiger partial charge in [0.2, 0.25) is 10.0 Å². The van der Waals surface area contributed by atoms with Crippen molar-refractivity contribution in [1.82, 2.24) is 9.88 Å². The van der Waals surface area contributed by atoms with Crippen LogP contribution in [0.15, 0.2) is 77.3 Å². The number of benzene rings is 3. The summed E-state index contributed by atoms with van der Waals surface area (Å²) >= 11 is 0. The molecule has 0 saturated carbocycles. The van der Waals surface area contributed by atoms with Crippen molar-refractivity contribution >= 4 is 43.5 Å². The van der Waals surface area contributed by atoms with Crippen molar-refractivity contribution in [2.75, 3.05) is 24.7 Å². The number of hydrogen-bond acceptors (Lipinski definition) is 6. The molecule has 0 saturated heterocycles. The first-order chi connectivity index (χ1) is 21.5. The molecule has 10 nitrogen and oxygen atoms in total. The molecule has 2 N–H and O–H groups in total. The number of carbonyl (C=O) groups excluding carboxylic acids is 1. The fraction of sp³-hybridized carbons (Fsp3) is 0.125. The largest absolute Gasteiger partial charge is 0.466 e. The molecule has 13 heteroatoms. The Morgan fingerprint density at radius 2 is 1.80 bits per heavy atom. The molecule has 0 aliphatic carbocycles. The molecule has 6 aromatic rings. The number of pyridine rings is 1. The van der Waals surface area contributed by atoms with Crippen molar-refractivity contribution in [2.24, 2.45) is 0 Å². The monoisotopic (exact) mass is 631 g/mol. The van der Waals surface area contributed by atoms with E-state index in [0.29, 0.717) is 38.9 Å². The summed E-state index contributed by atoms with van der Waals surface area (Å²) in [5, 5.41) is 14.5. The first-order valence-corrected chi connectivity index (χ1v) is 15.5. The van der Waals surface area contributed by atoms with Crippen LogP contribution in [-0.2, 0) is 16.8 Å². The van der Waals surface area contributed by atoms with Crippen molar-refractivity contribution in [3.63, 3.8) is 0 Å². The van der Waals surface area contributed by atoms with Crippen LogP contribution in [0.5, 0.6) is 5.75 Å². The molecule has 0 fully saturated rings. The maximum Gasteiger partial charge on any atom is 0.267 e. The molecular weight excluding hydrogens is 606 g/mol. The van der Waals surface area contributed by atoms with Crippen LogP contribution in [0.25, 0.3) is 55.7 Å². The summed E-state index contributed by atoms with van der Waals surface area (Å²) in [5.74, 6) is -0.891. The summed E-state index contributed by atoms with van der Waals surface area (Å²) in [6.07, 6.45) is 2.37. The van der Waals surface area contributed by atoms with E-state index >= 15 is 0 Å². The molecule has 1 aliphatic heterocycles. The molecule has 0 radical (unpaired) electrons.